The Balaban J connectivity index is 1.82. The average molecular weight is 444 g/mol. The van der Waals surface area contributed by atoms with Crippen LogP contribution in [-0.2, 0) is 6.54 Å². The van der Waals surface area contributed by atoms with Crippen molar-refractivity contribution in [2.75, 3.05) is 0 Å². The van der Waals surface area contributed by atoms with E-state index in [1.165, 1.54) is 5.56 Å². The molecule has 2 aromatic rings. The Morgan fingerprint density at radius 1 is 1.10 bits per heavy atom. The zero-order valence-electron chi connectivity index (χ0n) is 18.7. The van der Waals surface area contributed by atoms with Gasteiger partial charge in [0.25, 0.3) is 0 Å². The first-order chi connectivity index (χ1) is 14.0. The molecule has 0 radical (unpaired) electrons. The van der Waals surface area contributed by atoms with Crippen LogP contribution in [0.25, 0.3) is 0 Å². The zero-order chi connectivity index (χ0) is 21.9. The summed E-state index contributed by atoms with van der Waals surface area (Å²) in [5.41, 5.74) is 2.53. The molecule has 3 nitrogen and oxygen atoms in total. The van der Waals surface area contributed by atoms with Gasteiger partial charge in [0.05, 0.1) is 6.04 Å². The quantitative estimate of drug-likeness (QED) is 0.547. The lowest BCUT2D eigenvalue weighted by atomic mass is 9.80. The van der Waals surface area contributed by atoms with E-state index < -0.39 is 0 Å². The molecule has 1 atom stereocenters. The topological polar surface area (TPSA) is 27.3 Å². The van der Waals surface area contributed by atoms with Gasteiger partial charge >= 0.3 is 0 Å². The minimum absolute atomic E-state index is 0.0673. The van der Waals surface area contributed by atoms with Gasteiger partial charge in [-0.25, -0.2) is 0 Å². The minimum Gasteiger partial charge on any atom is -0.360 e. The second kappa shape index (κ2) is 9.25. The van der Waals surface area contributed by atoms with Crippen LogP contribution in [0.2, 0.25) is 5.02 Å². The first-order valence-corrected chi connectivity index (χ1v) is 11.5. The fraction of sp³-hybridized carbons (Fsp3) is 0.480. The highest BCUT2D eigenvalue weighted by molar-refractivity contribution is 7.80. The van der Waals surface area contributed by atoms with Crippen molar-refractivity contribution in [1.29, 1.82) is 0 Å². The van der Waals surface area contributed by atoms with E-state index in [1.54, 1.807) is 0 Å². The minimum atomic E-state index is 0.0673. The van der Waals surface area contributed by atoms with E-state index in [-0.39, 0.29) is 17.1 Å². The summed E-state index contributed by atoms with van der Waals surface area (Å²) in [6.45, 7) is 12.0. The fourth-order valence-electron chi connectivity index (χ4n) is 4.81. The van der Waals surface area contributed by atoms with Crippen LogP contribution in [0.1, 0.15) is 64.6 Å². The van der Waals surface area contributed by atoms with E-state index >= 15 is 0 Å². The summed E-state index contributed by atoms with van der Waals surface area (Å²) in [6.07, 6.45) is 2.06. The average Bonchev–Trinajstić information content (AvgIpc) is 2.63. The number of halogens is 1. The van der Waals surface area contributed by atoms with E-state index in [2.05, 4.69) is 80.5 Å². The van der Waals surface area contributed by atoms with Crippen LogP contribution in [-0.4, -0.2) is 27.1 Å². The molecule has 1 saturated heterocycles. The Hall–Kier alpha value is -1.62. The van der Waals surface area contributed by atoms with Crippen molar-refractivity contribution in [1.82, 2.24) is 15.5 Å². The van der Waals surface area contributed by atoms with Crippen molar-refractivity contribution >= 4 is 28.9 Å². The molecule has 30 heavy (non-hydrogen) atoms. The third-order valence-corrected chi connectivity index (χ3v) is 6.36. The molecule has 1 fully saturated rings. The molecular formula is C25H34ClN3S. The van der Waals surface area contributed by atoms with Gasteiger partial charge in [-0.1, -0.05) is 54.1 Å². The molecule has 0 amide bonds. The predicted molar refractivity (Wildman–Crippen MR) is 132 cm³/mol. The van der Waals surface area contributed by atoms with Gasteiger partial charge in [0.15, 0.2) is 5.11 Å². The molecule has 2 aromatic carbocycles. The van der Waals surface area contributed by atoms with Crippen LogP contribution >= 0.6 is 23.8 Å². The van der Waals surface area contributed by atoms with Crippen molar-refractivity contribution in [3.8, 4) is 0 Å². The summed E-state index contributed by atoms with van der Waals surface area (Å²) >= 11 is 12.2. The Labute approximate surface area is 192 Å². The Kier molecular flexibility index (Phi) is 7.11. The third-order valence-electron chi connectivity index (χ3n) is 5.77. The predicted octanol–water partition coefficient (Wildman–Crippen LogP) is 6.09. The van der Waals surface area contributed by atoms with E-state index in [4.69, 9.17) is 23.8 Å². The van der Waals surface area contributed by atoms with Gasteiger partial charge < -0.3 is 15.5 Å². The smallest absolute Gasteiger partial charge is 0.169 e. The monoisotopic (exact) mass is 443 g/mol. The lowest BCUT2D eigenvalue weighted by Gasteiger charge is -2.47. The lowest BCUT2D eigenvalue weighted by Crippen LogP contribution is -2.62. The van der Waals surface area contributed by atoms with Crippen molar-refractivity contribution in [2.45, 2.75) is 77.2 Å². The molecular weight excluding hydrogens is 410 g/mol. The second-order valence-electron chi connectivity index (χ2n) is 9.79. The lowest BCUT2D eigenvalue weighted by molar-refractivity contribution is 0.152. The van der Waals surface area contributed by atoms with Crippen LogP contribution < -0.4 is 10.6 Å². The molecule has 0 aromatic heterocycles. The summed E-state index contributed by atoms with van der Waals surface area (Å²) < 4.78 is 0. The number of hydrogen-bond donors (Lipinski definition) is 2. The summed E-state index contributed by atoms with van der Waals surface area (Å²) in [5, 5.41) is 8.99. The molecule has 162 valence electrons. The molecule has 0 aliphatic carbocycles. The van der Waals surface area contributed by atoms with Crippen LogP contribution in [0.5, 0.6) is 0 Å². The number of piperidine rings is 1. The van der Waals surface area contributed by atoms with Gasteiger partial charge in [0.1, 0.15) is 0 Å². The second-order valence-corrected chi connectivity index (χ2v) is 10.6. The van der Waals surface area contributed by atoms with Crippen molar-refractivity contribution in [3.05, 3.63) is 70.7 Å². The Morgan fingerprint density at radius 2 is 1.73 bits per heavy atom. The highest BCUT2D eigenvalue weighted by atomic mass is 35.5. The van der Waals surface area contributed by atoms with Crippen LogP contribution in [0.3, 0.4) is 0 Å². The van der Waals surface area contributed by atoms with Gasteiger partial charge in [-0.2, -0.15) is 0 Å². The molecule has 3 rings (SSSR count). The van der Waals surface area contributed by atoms with E-state index in [9.17, 15) is 0 Å². The molecule has 1 heterocycles. The summed E-state index contributed by atoms with van der Waals surface area (Å²) in [4.78, 5) is 2.28. The van der Waals surface area contributed by atoms with E-state index in [0.29, 0.717) is 12.6 Å². The van der Waals surface area contributed by atoms with Crippen molar-refractivity contribution in [2.24, 2.45) is 0 Å². The van der Waals surface area contributed by atoms with Crippen LogP contribution in [0, 0.1) is 0 Å². The third kappa shape index (κ3) is 6.19. The molecule has 5 heteroatoms. The number of nitrogens with one attached hydrogen (secondary N) is 2. The van der Waals surface area contributed by atoms with Gasteiger partial charge in [0.2, 0.25) is 0 Å². The van der Waals surface area contributed by atoms with Crippen molar-refractivity contribution in [3.63, 3.8) is 0 Å². The summed E-state index contributed by atoms with van der Waals surface area (Å²) in [7, 11) is 0. The standard InChI is InChI=1S/C25H34ClN3S/c1-18(20-11-7-6-8-12-20)29(17-19-10-9-13-21(26)14-19)23(30)27-22-15-24(2,3)28-25(4,5)16-22/h6-14,18,22,28H,15-17H2,1-5H3,(H,27,30). The SMILES string of the molecule is CC(c1ccccc1)N(Cc1cccc(Cl)c1)C(=S)NC1CC(C)(C)NC(C)(C)C1. The molecule has 0 spiro atoms. The maximum Gasteiger partial charge on any atom is 0.169 e. The number of rotatable bonds is 5. The normalized spacial score (nSPS) is 19.1. The van der Waals surface area contributed by atoms with Crippen LogP contribution in [0.15, 0.2) is 54.6 Å². The highest BCUT2D eigenvalue weighted by Crippen LogP contribution is 2.30. The van der Waals surface area contributed by atoms with E-state index in [1.807, 2.05) is 24.3 Å². The Bertz CT molecular complexity index is 850. The molecule has 0 bridgehead atoms. The first-order valence-electron chi connectivity index (χ1n) is 10.7. The zero-order valence-corrected chi connectivity index (χ0v) is 20.3. The number of nitrogens with zero attached hydrogens (tertiary/aromatic N) is 1. The molecule has 0 saturated carbocycles. The van der Waals surface area contributed by atoms with Crippen LogP contribution in [0.4, 0.5) is 0 Å². The van der Waals surface area contributed by atoms with Gasteiger partial charge in [-0.05, 0) is 82.9 Å². The molecule has 1 aliphatic rings. The van der Waals surface area contributed by atoms with Gasteiger partial charge in [-0.15, -0.1) is 0 Å². The number of benzene rings is 2. The van der Waals surface area contributed by atoms with Gasteiger partial charge in [0, 0.05) is 28.7 Å². The maximum atomic E-state index is 6.25. The van der Waals surface area contributed by atoms with E-state index in [0.717, 1.165) is 28.5 Å². The molecule has 1 unspecified atom stereocenters. The highest BCUT2D eigenvalue weighted by Gasteiger charge is 2.38. The van der Waals surface area contributed by atoms with Gasteiger partial charge in [-0.3, -0.25) is 0 Å². The maximum absolute atomic E-state index is 6.25. The summed E-state index contributed by atoms with van der Waals surface area (Å²) in [5.74, 6) is 0. The summed E-state index contributed by atoms with van der Waals surface area (Å²) in [6, 6.07) is 19.0. The number of thiocarbonyl (C=S) groups is 1. The molecule has 2 N–H and O–H groups in total. The number of hydrogen-bond acceptors (Lipinski definition) is 2. The fourth-order valence-corrected chi connectivity index (χ4v) is 5.41. The molecule has 1 aliphatic heterocycles. The largest absolute Gasteiger partial charge is 0.360 e. The Morgan fingerprint density at radius 3 is 2.33 bits per heavy atom. The first kappa shape index (κ1) is 23.1. The van der Waals surface area contributed by atoms with Crippen molar-refractivity contribution < 1.29 is 0 Å².